The third-order valence-corrected chi connectivity index (χ3v) is 3.53. The Kier molecular flexibility index (Phi) is 4.68. The van der Waals surface area contributed by atoms with Crippen LogP contribution in [0.5, 0.6) is 5.75 Å². The first-order valence-corrected chi connectivity index (χ1v) is 6.96. The van der Waals surface area contributed by atoms with E-state index in [1.165, 1.54) is 12.1 Å². The van der Waals surface area contributed by atoms with Gasteiger partial charge in [0.1, 0.15) is 0 Å². The maximum absolute atomic E-state index is 12.1. The number of rotatable bonds is 3. The molecule has 4 heteroatoms. The van der Waals surface area contributed by atoms with E-state index in [9.17, 15) is 14.7 Å². The molecule has 2 aromatic rings. The molecule has 0 aliphatic heterocycles. The van der Waals surface area contributed by atoms with Gasteiger partial charge in [-0.05, 0) is 46.4 Å². The van der Waals surface area contributed by atoms with Crippen LogP contribution in [0.3, 0.4) is 0 Å². The number of carbonyl (C=O) groups excluding carboxylic acids is 1. The number of hydrogen-bond acceptors (Lipinski definition) is 3. The van der Waals surface area contributed by atoms with E-state index < -0.39 is 17.0 Å². The lowest BCUT2D eigenvalue weighted by atomic mass is 10.1. The van der Waals surface area contributed by atoms with Gasteiger partial charge in [0.25, 0.3) is 0 Å². The molecule has 0 amide bonds. The van der Waals surface area contributed by atoms with Gasteiger partial charge in [0, 0.05) is 0 Å². The van der Waals surface area contributed by atoms with Gasteiger partial charge in [-0.2, -0.15) is 0 Å². The van der Waals surface area contributed by atoms with E-state index in [1.54, 1.807) is 18.2 Å². The molecule has 0 saturated heterocycles. The lowest BCUT2D eigenvalue weighted by molar-refractivity contribution is 0.104. The number of halogens is 1. The van der Waals surface area contributed by atoms with E-state index in [0.717, 1.165) is 5.56 Å². The molecule has 0 radical (unpaired) electrons. The molecule has 0 aliphatic carbocycles. The fraction of sp³-hybridized carbons (Fsp3) is 0. The minimum atomic E-state index is -0.535. The minimum Gasteiger partial charge on any atom is -0.504 e. The topological polar surface area (TPSA) is 54.4 Å². The van der Waals surface area contributed by atoms with Crippen LogP contribution in [0, 0.1) is 3.57 Å². The largest absolute Gasteiger partial charge is 0.504 e. The number of ketones is 1. The molecule has 0 unspecified atom stereocenters. The summed E-state index contributed by atoms with van der Waals surface area (Å²) in [6, 6.07) is 13.9. The SMILES string of the molecule is O=C(/C=C/c1ccccc1)c1cccc(I)c(=O)c1O. The number of benzene rings is 1. The van der Waals surface area contributed by atoms with Gasteiger partial charge in [-0.15, -0.1) is 0 Å². The number of aromatic hydroxyl groups is 1. The second-order valence-electron chi connectivity index (χ2n) is 4.07. The summed E-state index contributed by atoms with van der Waals surface area (Å²) < 4.78 is 0.367. The van der Waals surface area contributed by atoms with Gasteiger partial charge in [0.15, 0.2) is 11.5 Å². The third-order valence-electron chi connectivity index (χ3n) is 2.68. The summed E-state index contributed by atoms with van der Waals surface area (Å²) in [6.07, 6.45) is 2.99. The maximum atomic E-state index is 12.1. The quantitative estimate of drug-likeness (QED) is 0.507. The van der Waals surface area contributed by atoms with E-state index in [0.29, 0.717) is 3.57 Å². The van der Waals surface area contributed by atoms with Gasteiger partial charge in [-0.25, -0.2) is 0 Å². The van der Waals surface area contributed by atoms with Crippen molar-refractivity contribution in [2.45, 2.75) is 0 Å². The molecule has 0 aliphatic rings. The molecule has 100 valence electrons. The van der Waals surface area contributed by atoms with Crippen LogP contribution in [0.1, 0.15) is 15.9 Å². The van der Waals surface area contributed by atoms with E-state index in [1.807, 2.05) is 52.9 Å². The average molecular weight is 378 g/mol. The number of carbonyl (C=O) groups is 1. The van der Waals surface area contributed by atoms with E-state index in [4.69, 9.17) is 0 Å². The summed E-state index contributed by atoms with van der Waals surface area (Å²) in [4.78, 5) is 23.8. The molecule has 2 aromatic carbocycles. The summed E-state index contributed by atoms with van der Waals surface area (Å²) in [5, 5.41) is 9.83. The van der Waals surface area contributed by atoms with Crippen LogP contribution in [-0.2, 0) is 0 Å². The molecular formula is C16H11IO3. The zero-order chi connectivity index (χ0) is 14.5. The highest BCUT2D eigenvalue weighted by molar-refractivity contribution is 14.1. The fourth-order valence-corrected chi connectivity index (χ4v) is 2.11. The van der Waals surface area contributed by atoms with Crippen molar-refractivity contribution in [2.24, 2.45) is 0 Å². The average Bonchev–Trinajstić information content (AvgIpc) is 2.59. The molecule has 20 heavy (non-hydrogen) atoms. The van der Waals surface area contributed by atoms with Gasteiger partial charge < -0.3 is 5.11 Å². The van der Waals surface area contributed by atoms with Crippen LogP contribution >= 0.6 is 22.6 Å². The molecule has 2 rings (SSSR count). The van der Waals surface area contributed by atoms with Crippen molar-refractivity contribution in [3.8, 4) is 5.75 Å². The molecule has 3 nitrogen and oxygen atoms in total. The molecule has 0 fully saturated rings. The smallest absolute Gasteiger partial charge is 0.234 e. The van der Waals surface area contributed by atoms with E-state index in [2.05, 4.69) is 0 Å². The Bertz CT molecular complexity index is 721. The predicted molar refractivity (Wildman–Crippen MR) is 86.9 cm³/mol. The molecule has 0 heterocycles. The standard InChI is InChI=1S/C16H11IO3/c17-13-8-4-7-12(15(19)16(13)20)14(18)10-9-11-5-2-1-3-6-11/h1-10H,(H,19,20)/b10-9+. The van der Waals surface area contributed by atoms with Crippen LogP contribution in [0.15, 0.2) is 59.4 Å². The Labute approximate surface area is 129 Å². The second kappa shape index (κ2) is 6.47. The van der Waals surface area contributed by atoms with Crippen LogP contribution in [0.25, 0.3) is 6.08 Å². The van der Waals surface area contributed by atoms with Crippen LogP contribution < -0.4 is 5.43 Å². The molecule has 0 atom stereocenters. The number of allylic oxidation sites excluding steroid dienone is 1. The first-order valence-electron chi connectivity index (χ1n) is 5.89. The van der Waals surface area contributed by atoms with Crippen molar-refractivity contribution in [1.82, 2.24) is 0 Å². The lowest BCUT2D eigenvalue weighted by Gasteiger charge is -1.95. The summed E-state index contributed by atoms with van der Waals surface area (Å²) in [5.74, 6) is -0.919. The van der Waals surface area contributed by atoms with Gasteiger partial charge in [0.05, 0.1) is 9.13 Å². The van der Waals surface area contributed by atoms with Crippen molar-refractivity contribution in [1.29, 1.82) is 0 Å². The molecule has 0 spiro atoms. The maximum Gasteiger partial charge on any atom is 0.234 e. The van der Waals surface area contributed by atoms with Crippen LogP contribution in [-0.4, -0.2) is 10.9 Å². The van der Waals surface area contributed by atoms with Crippen molar-refractivity contribution in [2.75, 3.05) is 0 Å². The molecule has 1 N–H and O–H groups in total. The Balaban J connectivity index is 2.36. The van der Waals surface area contributed by atoms with Gasteiger partial charge in [0.2, 0.25) is 5.43 Å². The zero-order valence-electron chi connectivity index (χ0n) is 10.4. The predicted octanol–water partition coefficient (Wildman–Crippen LogP) is 3.25. The Morgan fingerprint density at radius 3 is 2.45 bits per heavy atom. The van der Waals surface area contributed by atoms with Crippen molar-refractivity contribution >= 4 is 34.5 Å². The highest BCUT2D eigenvalue weighted by Crippen LogP contribution is 2.14. The van der Waals surface area contributed by atoms with E-state index in [-0.39, 0.29) is 5.56 Å². The second-order valence-corrected chi connectivity index (χ2v) is 5.24. The Hall–Kier alpha value is -1.95. The molecule has 0 aromatic heterocycles. The Morgan fingerprint density at radius 2 is 1.75 bits per heavy atom. The third kappa shape index (κ3) is 3.33. The van der Waals surface area contributed by atoms with E-state index >= 15 is 0 Å². The highest BCUT2D eigenvalue weighted by Gasteiger charge is 2.11. The van der Waals surface area contributed by atoms with Gasteiger partial charge >= 0.3 is 0 Å². The zero-order valence-corrected chi connectivity index (χ0v) is 12.6. The summed E-state index contributed by atoms with van der Waals surface area (Å²) >= 11 is 1.82. The fourth-order valence-electron chi connectivity index (χ4n) is 1.64. The molecular weight excluding hydrogens is 367 g/mol. The lowest BCUT2D eigenvalue weighted by Crippen LogP contribution is -2.04. The van der Waals surface area contributed by atoms with Gasteiger partial charge in [-0.3, -0.25) is 9.59 Å². The van der Waals surface area contributed by atoms with Gasteiger partial charge in [-0.1, -0.05) is 42.5 Å². The highest BCUT2D eigenvalue weighted by atomic mass is 127. The molecule has 0 bridgehead atoms. The van der Waals surface area contributed by atoms with Crippen LogP contribution in [0.4, 0.5) is 0 Å². The summed E-state index contributed by atoms with van der Waals surface area (Å²) in [6.45, 7) is 0. The first kappa shape index (κ1) is 14.5. The summed E-state index contributed by atoms with van der Waals surface area (Å²) in [5.41, 5.74) is 0.342. The van der Waals surface area contributed by atoms with Crippen molar-refractivity contribution in [3.05, 3.63) is 79.5 Å². The number of hydrogen-bond donors (Lipinski definition) is 1. The monoisotopic (exact) mass is 378 g/mol. The Morgan fingerprint density at radius 1 is 1.05 bits per heavy atom. The minimum absolute atomic E-state index is 0.00472. The van der Waals surface area contributed by atoms with Crippen molar-refractivity contribution in [3.63, 3.8) is 0 Å². The summed E-state index contributed by atoms with van der Waals surface area (Å²) in [7, 11) is 0. The van der Waals surface area contributed by atoms with Crippen molar-refractivity contribution < 1.29 is 9.90 Å². The first-order chi connectivity index (χ1) is 9.59. The van der Waals surface area contributed by atoms with Crippen LogP contribution in [0.2, 0.25) is 0 Å². The normalized spacial score (nSPS) is 10.7. The molecule has 0 saturated carbocycles.